The van der Waals surface area contributed by atoms with Crippen LogP contribution in [-0.2, 0) is 26.3 Å². The predicted octanol–water partition coefficient (Wildman–Crippen LogP) is 9.21. The van der Waals surface area contributed by atoms with Crippen LogP contribution in [0.2, 0.25) is 0 Å². The van der Waals surface area contributed by atoms with Crippen molar-refractivity contribution in [3.8, 4) is 11.3 Å². The second-order valence-corrected chi connectivity index (χ2v) is 20.0. The molecule has 20 nitrogen and oxygen atoms in total. The molecule has 79 heavy (non-hydrogen) atoms. The molecule has 414 valence electrons. The molecule has 9 heterocycles. The van der Waals surface area contributed by atoms with Crippen LogP contribution in [0.5, 0.6) is 0 Å². The zero-order valence-electron chi connectivity index (χ0n) is 44.1. The van der Waals surface area contributed by atoms with Gasteiger partial charge in [-0.2, -0.15) is 13.2 Å². The Hall–Kier alpha value is -8.46. The molecule has 9 aromatic heterocycles. The molecule has 0 radical (unpaired) electrons. The molecule has 0 aliphatic rings. The minimum absolute atomic E-state index is 0.313. The Labute approximate surface area is 464 Å². The highest BCUT2D eigenvalue weighted by Crippen LogP contribution is 2.28. The number of methoxy groups -OCH3 is 2. The van der Waals surface area contributed by atoms with Crippen molar-refractivity contribution in [3.63, 3.8) is 0 Å². The number of hydrogen-bond donors (Lipinski definition) is 6. The molecule has 0 saturated heterocycles. The van der Waals surface area contributed by atoms with E-state index in [0.29, 0.717) is 33.8 Å². The number of hydrogen-bond acceptors (Lipinski definition) is 14. The quantitative estimate of drug-likeness (QED) is 0.0612. The van der Waals surface area contributed by atoms with Gasteiger partial charge < -0.3 is 50.0 Å². The van der Waals surface area contributed by atoms with E-state index in [-0.39, 0.29) is 5.97 Å². The SMILES string of the molecule is CC(C)(O)c1ccn2c(-c3cccc(NC(=O)NCC(F)(F)F)c3)cnc2c1.CC(C)(O)c1ccn2c(I)cnc2c1.CC(C)(O)c1ccn2ccnc2c1.COC(=O)c1ccn2ccnc2c1.COC(=O)c1ccnc(N)c1. The average Bonchev–Trinajstić information content (AvgIpc) is 4.32. The molecule has 0 aliphatic carbocycles. The van der Waals surface area contributed by atoms with E-state index in [0.717, 1.165) is 43.0 Å². The summed E-state index contributed by atoms with van der Waals surface area (Å²) < 4.78 is 54.2. The van der Waals surface area contributed by atoms with Crippen molar-refractivity contribution in [1.29, 1.82) is 0 Å². The standard InChI is InChI=1S/C19H19F3N4O2.C10H11IN2O.C10H12N2O.C9H8N2O2.C7H8N2O2/c1-18(2,28)13-6-7-26-15(10-23-16(26)9-13)12-4-3-5-14(8-12)25-17(27)24-11-19(20,21)22;1-10(2,14)7-3-4-13-8(11)6-12-9(13)5-7;1-10(2,13)8-3-5-12-6-4-11-9(12)7-8;1-13-9(12)7-2-4-11-5-3-10-8(11)6-7;1-11-7(10)5-2-3-9-6(8)4-5/h3-10,28H,11H2,1-2H3,(H2,24,25,27);3-6,14H,1-2H3;3-7,13H,1-2H3;2-6H,1H3;2-4H,1H3,(H2,8,9). The number of benzene rings is 1. The number of aliphatic hydroxyl groups is 3. The van der Waals surface area contributed by atoms with E-state index in [2.05, 4.69) is 62.3 Å². The number of ether oxygens (including phenoxy) is 2. The molecule has 2 amide bonds. The lowest BCUT2D eigenvalue weighted by Gasteiger charge is -2.17. The number of nitrogens with one attached hydrogen (secondary N) is 2. The first-order valence-electron chi connectivity index (χ1n) is 23.9. The van der Waals surface area contributed by atoms with E-state index in [4.69, 9.17) is 5.73 Å². The third-order valence-corrected chi connectivity index (χ3v) is 12.2. The third-order valence-electron chi connectivity index (χ3n) is 11.4. The van der Waals surface area contributed by atoms with Crippen molar-refractivity contribution in [2.75, 3.05) is 31.8 Å². The fourth-order valence-corrected chi connectivity index (χ4v) is 7.70. The molecule has 10 rings (SSSR count). The average molecular weight is 1200 g/mol. The summed E-state index contributed by atoms with van der Waals surface area (Å²) in [6.07, 6.45) is 14.9. The summed E-state index contributed by atoms with van der Waals surface area (Å²) in [6, 6.07) is 23.3. The van der Waals surface area contributed by atoms with Gasteiger partial charge in [0, 0.05) is 67.0 Å². The molecule has 0 fully saturated rings. The number of carbonyl (C=O) groups is 3. The Morgan fingerprint density at radius 2 is 1.10 bits per heavy atom. The summed E-state index contributed by atoms with van der Waals surface area (Å²) in [5, 5.41) is 33.8. The number of imidazole rings is 4. The van der Waals surface area contributed by atoms with E-state index in [1.165, 1.54) is 26.5 Å². The van der Waals surface area contributed by atoms with Crippen LogP contribution in [-0.4, -0.2) is 103 Å². The maximum absolute atomic E-state index is 12.2. The number of nitrogen functional groups attached to an aromatic ring is 1. The normalized spacial score (nSPS) is 11.5. The van der Waals surface area contributed by atoms with Gasteiger partial charge in [0.25, 0.3) is 0 Å². The number of urea groups is 1. The molecule has 24 heteroatoms. The number of nitrogens with zero attached hydrogens (tertiary/aromatic N) is 9. The van der Waals surface area contributed by atoms with E-state index in [1.54, 1.807) is 132 Å². The van der Waals surface area contributed by atoms with Crippen LogP contribution in [0.3, 0.4) is 0 Å². The Kier molecular flexibility index (Phi) is 19.2. The highest BCUT2D eigenvalue weighted by Gasteiger charge is 2.28. The number of halogens is 4. The number of amides is 2. The monoisotopic (exact) mass is 1200 g/mol. The van der Waals surface area contributed by atoms with Crippen LogP contribution in [0, 0.1) is 3.70 Å². The predicted molar refractivity (Wildman–Crippen MR) is 299 cm³/mol. The number of aromatic nitrogens is 9. The van der Waals surface area contributed by atoms with Gasteiger partial charge in [-0.25, -0.2) is 39.3 Å². The summed E-state index contributed by atoms with van der Waals surface area (Å²) >= 11 is 2.22. The van der Waals surface area contributed by atoms with Gasteiger partial charge in [0.05, 0.1) is 60.2 Å². The minimum Gasteiger partial charge on any atom is -0.465 e. The van der Waals surface area contributed by atoms with E-state index in [1.807, 2.05) is 72.9 Å². The number of carbonyl (C=O) groups excluding carboxylic acids is 3. The summed E-state index contributed by atoms with van der Waals surface area (Å²) in [5.74, 6) is -0.433. The second kappa shape index (κ2) is 25.3. The van der Waals surface area contributed by atoms with Gasteiger partial charge in [-0.15, -0.1) is 0 Å². The minimum atomic E-state index is -4.47. The fraction of sp³-hybridized carbons (Fsp3) is 0.236. The van der Waals surface area contributed by atoms with Crippen molar-refractivity contribution in [2.45, 2.75) is 64.5 Å². The molecule has 0 spiro atoms. The van der Waals surface area contributed by atoms with Gasteiger partial charge in [0.1, 0.15) is 38.7 Å². The Bertz CT molecular complexity index is 3700. The van der Waals surface area contributed by atoms with Crippen molar-refractivity contribution < 1.29 is 52.3 Å². The Morgan fingerprint density at radius 3 is 1.66 bits per heavy atom. The molecule has 0 bridgehead atoms. The second-order valence-electron chi connectivity index (χ2n) is 18.9. The molecule has 0 unspecified atom stereocenters. The molecule has 0 atom stereocenters. The van der Waals surface area contributed by atoms with Crippen molar-refractivity contribution in [3.05, 3.63) is 185 Å². The largest absolute Gasteiger partial charge is 0.465 e. The Balaban J connectivity index is 0.000000169. The van der Waals surface area contributed by atoms with Crippen LogP contribution >= 0.6 is 22.6 Å². The number of anilines is 2. The van der Waals surface area contributed by atoms with E-state index < -0.39 is 41.5 Å². The number of pyridine rings is 5. The van der Waals surface area contributed by atoms with E-state index >= 15 is 0 Å². The number of esters is 2. The zero-order chi connectivity index (χ0) is 57.9. The molecule has 7 N–H and O–H groups in total. The van der Waals surface area contributed by atoms with Crippen LogP contribution in [0.4, 0.5) is 29.5 Å². The summed E-state index contributed by atoms with van der Waals surface area (Å²) in [5.41, 5.74) is 11.0. The van der Waals surface area contributed by atoms with Gasteiger partial charge >= 0.3 is 24.1 Å². The van der Waals surface area contributed by atoms with Crippen LogP contribution in [0.25, 0.3) is 33.8 Å². The van der Waals surface area contributed by atoms with Crippen molar-refractivity contribution in [2.24, 2.45) is 0 Å². The first-order chi connectivity index (χ1) is 37.1. The first kappa shape index (κ1) is 59.8. The van der Waals surface area contributed by atoms with Crippen LogP contribution in [0.1, 0.15) is 78.9 Å². The van der Waals surface area contributed by atoms with E-state index in [9.17, 15) is 42.9 Å². The van der Waals surface area contributed by atoms with Crippen LogP contribution < -0.4 is 16.4 Å². The molecule has 0 aliphatic heterocycles. The molecule has 1 aromatic carbocycles. The van der Waals surface area contributed by atoms with Crippen molar-refractivity contribution >= 4 is 74.7 Å². The third kappa shape index (κ3) is 16.8. The van der Waals surface area contributed by atoms with Gasteiger partial charge in [0.2, 0.25) is 0 Å². The van der Waals surface area contributed by atoms with Gasteiger partial charge in [-0.3, -0.25) is 8.80 Å². The molecular weight excluding hydrogens is 1140 g/mol. The zero-order valence-corrected chi connectivity index (χ0v) is 46.3. The van der Waals surface area contributed by atoms with Gasteiger partial charge in [-0.1, -0.05) is 12.1 Å². The topological polar surface area (TPSA) is 263 Å². The lowest BCUT2D eigenvalue weighted by Crippen LogP contribution is -2.36. The first-order valence-corrected chi connectivity index (χ1v) is 25.0. The highest BCUT2D eigenvalue weighted by molar-refractivity contribution is 14.1. The summed E-state index contributed by atoms with van der Waals surface area (Å²) in [7, 11) is 2.68. The maximum atomic E-state index is 12.2. The fourth-order valence-electron chi connectivity index (χ4n) is 7.16. The number of rotatable bonds is 8. The molecule has 10 aromatic rings. The van der Waals surface area contributed by atoms with Gasteiger partial charge in [-0.05, 0) is 154 Å². The summed E-state index contributed by atoms with van der Waals surface area (Å²) in [6.45, 7) is 9.03. The molecular formula is C55H58F3IN12O8. The maximum Gasteiger partial charge on any atom is 0.405 e. The number of nitrogens with two attached hydrogens (primary N) is 1. The molecule has 0 saturated carbocycles. The Morgan fingerprint density at radius 1 is 0.595 bits per heavy atom. The highest BCUT2D eigenvalue weighted by atomic mass is 127. The van der Waals surface area contributed by atoms with Crippen LogP contribution in [0.15, 0.2) is 153 Å². The number of alkyl halides is 3. The van der Waals surface area contributed by atoms with Crippen molar-refractivity contribution in [1.82, 2.24) is 47.8 Å². The lowest BCUT2D eigenvalue weighted by atomic mass is 10.00. The summed E-state index contributed by atoms with van der Waals surface area (Å²) in [4.78, 5) is 54.1. The van der Waals surface area contributed by atoms with Gasteiger partial charge in [0.15, 0.2) is 0 Å². The number of fused-ring (bicyclic) bond motifs is 4. The lowest BCUT2D eigenvalue weighted by molar-refractivity contribution is -0.122. The smallest absolute Gasteiger partial charge is 0.405 e.